The molecular weight excluding hydrogens is 403 g/mol. The van der Waals surface area contributed by atoms with Gasteiger partial charge in [-0.3, -0.25) is 4.79 Å². The standard InChI is InChI=1S/C19H19FN2O4S2/c1-22(2)28(24,25)13-9-7-12(8-10-13)21-19(23)18-14(11-26-3)17-15(20)5-4-6-16(17)27-18/h4-10H,11H2,1-3H3,(H,21,23). The quantitative estimate of drug-likeness (QED) is 0.657. The van der Waals surface area contributed by atoms with Crippen LogP contribution in [0.15, 0.2) is 47.4 Å². The molecule has 1 aromatic heterocycles. The van der Waals surface area contributed by atoms with Crippen LogP contribution in [-0.4, -0.2) is 39.8 Å². The summed E-state index contributed by atoms with van der Waals surface area (Å²) in [7, 11) is 0.831. The molecule has 1 amide bonds. The number of anilines is 1. The number of halogens is 1. The molecule has 0 atom stereocenters. The van der Waals surface area contributed by atoms with Gasteiger partial charge in [-0.05, 0) is 36.4 Å². The highest BCUT2D eigenvalue weighted by molar-refractivity contribution is 7.89. The predicted octanol–water partition coefficient (Wildman–Crippen LogP) is 3.69. The Bertz CT molecular complexity index is 1120. The molecule has 0 aliphatic rings. The topological polar surface area (TPSA) is 75.7 Å². The molecule has 9 heteroatoms. The van der Waals surface area contributed by atoms with Crippen molar-refractivity contribution < 1.29 is 22.3 Å². The van der Waals surface area contributed by atoms with Gasteiger partial charge in [0.05, 0.1) is 16.4 Å². The number of nitrogens with zero attached hydrogens (tertiary/aromatic N) is 1. The van der Waals surface area contributed by atoms with Crippen LogP contribution in [0.1, 0.15) is 15.2 Å². The number of hydrogen-bond donors (Lipinski definition) is 1. The number of ether oxygens (including phenoxy) is 1. The van der Waals surface area contributed by atoms with Gasteiger partial charge in [0.25, 0.3) is 5.91 Å². The second-order valence-electron chi connectivity index (χ2n) is 6.22. The maximum Gasteiger partial charge on any atom is 0.266 e. The van der Waals surface area contributed by atoms with E-state index in [9.17, 15) is 17.6 Å². The summed E-state index contributed by atoms with van der Waals surface area (Å²) in [6.45, 7) is 0.101. The van der Waals surface area contributed by atoms with E-state index in [0.29, 0.717) is 26.2 Å². The van der Waals surface area contributed by atoms with Crippen LogP contribution in [0.3, 0.4) is 0 Å². The first-order chi connectivity index (χ1) is 13.3. The molecule has 6 nitrogen and oxygen atoms in total. The van der Waals surface area contributed by atoms with Gasteiger partial charge in [0.1, 0.15) is 5.82 Å². The van der Waals surface area contributed by atoms with E-state index in [1.54, 1.807) is 12.1 Å². The SMILES string of the molecule is COCc1c(C(=O)Nc2ccc(S(=O)(=O)N(C)C)cc2)sc2cccc(F)c12. The van der Waals surface area contributed by atoms with Crippen molar-refractivity contribution >= 4 is 43.0 Å². The Morgan fingerprint density at radius 1 is 1.18 bits per heavy atom. The molecule has 0 aliphatic heterocycles. The summed E-state index contributed by atoms with van der Waals surface area (Å²) < 4.78 is 45.4. The Morgan fingerprint density at radius 2 is 1.86 bits per heavy atom. The number of fused-ring (bicyclic) bond motifs is 1. The van der Waals surface area contributed by atoms with Crippen LogP contribution in [0.25, 0.3) is 10.1 Å². The van der Waals surface area contributed by atoms with Gasteiger partial charge in [-0.2, -0.15) is 0 Å². The fourth-order valence-corrected chi connectivity index (χ4v) is 4.76. The monoisotopic (exact) mass is 422 g/mol. The zero-order valence-corrected chi connectivity index (χ0v) is 17.2. The van der Waals surface area contributed by atoms with Crippen molar-refractivity contribution in [1.29, 1.82) is 0 Å². The third-order valence-electron chi connectivity index (χ3n) is 4.15. The van der Waals surface area contributed by atoms with E-state index in [2.05, 4.69) is 5.32 Å². The smallest absolute Gasteiger partial charge is 0.266 e. The lowest BCUT2D eigenvalue weighted by molar-refractivity contribution is 0.102. The molecule has 0 saturated heterocycles. The molecule has 148 valence electrons. The Morgan fingerprint density at radius 3 is 2.46 bits per heavy atom. The lowest BCUT2D eigenvalue weighted by Gasteiger charge is -2.12. The van der Waals surface area contributed by atoms with Crippen molar-refractivity contribution in [2.24, 2.45) is 0 Å². The lowest BCUT2D eigenvalue weighted by atomic mass is 10.1. The van der Waals surface area contributed by atoms with Gasteiger partial charge in [-0.15, -0.1) is 11.3 Å². The second kappa shape index (κ2) is 7.96. The van der Waals surface area contributed by atoms with Crippen molar-refractivity contribution in [2.75, 3.05) is 26.5 Å². The molecule has 3 rings (SSSR count). The van der Waals surface area contributed by atoms with Gasteiger partial charge in [0, 0.05) is 42.5 Å². The second-order valence-corrected chi connectivity index (χ2v) is 9.43. The number of nitrogens with one attached hydrogen (secondary N) is 1. The number of sulfonamides is 1. The normalized spacial score (nSPS) is 11.9. The zero-order valence-electron chi connectivity index (χ0n) is 15.5. The van der Waals surface area contributed by atoms with Crippen LogP contribution in [0.2, 0.25) is 0 Å². The number of benzene rings is 2. The van der Waals surface area contributed by atoms with E-state index in [1.807, 2.05) is 0 Å². The highest BCUT2D eigenvalue weighted by atomic mass is 32.2. The van der Waals surface area contributed by atoms with E-state index < -0.39 is 21.7 Å². The molecule has 0 aliphatic carbocycles. The van der Waals surface area contributed by atoms with Crippen LogP contribution >= 0.6 is 11.3 Å². The van der Waals surface area contributed by atoms with Crippen molar-refractivity contribution in [3.8, 4) is 0 Å². The fraction of sp³-hybridized carbons (Fsp3) is 0.211. The predicted molar refractivity (Wildman–Crippen MR) is 108 cm³/mol. The molecule has 0 bridgehead atoms. The largest absolute Gasteiger partial charge is 0.380 e. The maximum atomic E-state index is 14.3. The third kappa shape index (κ3) is 3.79. The molecule has 28 heavy (non-hydrogen) atoms. The van der Waals surface area contributed by atoms with Gasteiger partial charge in [0.2, 0.25) is 10.0 Å². The van der Waals surface area contributed by atoms with Crippen molar-refractivity contribution in [1.82, 2.24) is 4.31 Å². The first kappa shape index (κ1) is 20.4. The molecule has 0 saturated carbocycles. The van der Waals surface area contributed by atoms with E-state index >= 15 is 0 Å². The molecule has 0 unspecified atom stereocenters. The van der Waals surface area contributed by atoms with Crippen LogP contribution in [-0.2, 0) is 21.4 Å². The van der Waals surface area contributed by atoms with Crippen molar-refractivity contribution in [2.45, 2.75) is 11.5 Å². The average Bonchev–Trinajstić information content (AvgIpc) is 3.02. The Balaban J connectivity index is 1.91. The first-order valence-corrected chi connectivity index (χ1v) is 10.5. The molecule has 1 heterocycles. The van der Waals surface area contributed by atoms with Gasteiger partial charge in [-0.1, -0.05) is 6.07 Å². The summed E-state index contributed by atoms with van der Waals surface area (Å²) in [5.74, 6) is -0.811. The summed E-state index contributed by atoms with van der Waals surface area (Å²) in [6.07, 6.45) is 0. The van der Waals surface area contributed by atoms with E-state index in [4.69, 9.17) is 4.74 Å². The highest BCUT2D eigenvalue weighted by Gasteiger charge is 2.21. The summed E-state index contributed by atoms with van der Waals surface area (Å²) in [5.41, 5.74) is 0.925. The van der Waals surface area contributed by atoms with Gasteiger partial charge >= 0.3 is 0 Å². The summed E-state index contributed by atoms with van der Waals surface area (Å²) >= 11 is 1.18. The molecule has 3 aromatic rings. The van der Waals surface area contributed by atoms with Crippen LogP contribution in [0.5, 0.6) is 0 Å². The van der Waals surface area contributed by atoms with Gasteiger partial charge in [0.15, 0.2) is 0 Å². The number of amides is 1. The molecule has 1 N–H and O–H groups in total. The molecule has 0 radical (unpaired) electrons. The van der Waals surface area contributed by atoms with E-state index in [1.165, 1.54) is 62.9 Å². The number of carbonyl (C=O) groups is 1. The number of carbonyl (C=O) groups excluding carboxylic acids is 1. The summed E-state index contributed by atoms with van der Waals surface area (Å²) in [6, 6.07) is 10.6. The van der Waals surface area contributed by atoms with E-state index in [-0.39, 0.29) is 11.5 Å². The zero-order chi connectivity index (χ0) is 20.5. The first-order valence-electron chi connectivity index (χ1n) is 8.28. The lowest BCUT2D eigenvalue weighted by Crippen LogP contribution is -2.22. The molecule has 0 spiro atoms. The number of hydrogen-bond acceptors (Lipinski definition) is 5. The Labute approximate surface area is 166 Å². The number of methoxy groups -OCH3 is 1. The molecular formula is C19H19FN2O4S2. The summed E-state index contributed by atoms with van der Waals surface area (Å²) in [4.78, 5) is 13.3. The van der Waals surface area contributed by atoms with Crippen LogP contribution < -0.4 is 5.32 Å². The minimum Gasteiger partial charge on any atom is -0.380 e. The van der Waals surface area contributed by atoms with Crippen LogP contribution in [0, 0.1) is 5.82 Å². The van der Waals surface area contributed by atoms with Crippen molar-refractivity contribution in [3.05, 3.63) is 58.7 Å². The third-order valence-corrected chi connectivity index (χ3v) is 7.17. The van der Waals surface area contributed by atoms with Gasteiger partial charge in [-0.25, -0.2) is 17.1 Å². The average molecular weight is 423 g/mol. The Hall–Kier alpha value is -2.33. The molecule has 0 fully saturated rings. The van der Waals surface area contributed by atoms with Gasteiger partial charge < -0.3 is 10.1 Å². The highest BCUT2D eigenvalue weighted by Crippen LogP contribution is 2.34. The number of thiophene rings is 1. The minimum atomic E-state index is -3.55. The molecule has 2 aromatic carbocycles. The van der Waals surface area contributed by atoms with Crippen LogP contribution in [0.4, 0.5) is 10.1 Å². The summed E-state index contributed by atoms with van der Waals surface area (Å²) in [5, 5.41) is 3.11. The number of rotatable bonds is 6. The fourth-order valence-electron chi connectivity index (χ4n) is 2.74. The maximum absolute atomic E-state index is 14.3. The Kier molecular flexibility index (Phi) is 5.80. The van der Waals surface area contributed by atoms with Crippen molar-refractivity contribution in [3.63, 3.8) is 0 Å². The van der Waals surface area contributed by atoms with E-state index in [0.717, 1.165) is 4.31 Å². The minimum absolute atomic E-state index is 0.101.